The Kier molecular flexibility index (Phi) is 4.89. The fraction of sp³-hybridized carbons (Fsp3) is 0.375. The van der Waals surface area contributed by atoms with Crippen molar-refractivity contribution < 1.29 is 4.74 Å². The molecule has 3 rings (SSSR count). The predicted molar refractivity (Wildman–Crippen MR) is 92.8 cm³/mol. The first-order valence-electron chi connectivity index (χ1n) is 7.12. The molecule has 2 nitrogen and oxygen atoms in total. The van der Waals surface area contributed by atoms with Gasteiger partial charge in [-0.1, -0.05) is 30.7 Å². The average Bonchev–Trinajstić information content (AvgIpc) is 3.06. The summed E-state index contributed by atoms with van der Waals surface area (Å²) in [6, 6.07) is 8.73. The van der Waals surface area contributed by atoms with Crippen molar-refractivity contribution in [2.24, 2.45) is 0 Å². The fourth-order valence-electron chi connectivity index (χ4n) is 2.56. The van der Waals surface area contributed by atoms with Crippen LogP contribution < -0.4 is 10.1 Å². The summed E-state index contributed by atoms with van der Waals surface area (Å²) < 4.78 is 6.59. The minimum absolute atomic E-state index is 0.185. The number of benzene rings is 1. The first kappa shape index (κ1) is 15.3. The van der Waals surface area contributed by atoms with Gasteiger partial charge in [0.2, 0.25) is 0 Å². The summed E-state index contributed by atoms with van der Waals surface area (Å²) in [6.45, 7) is 3.95. The number of ether oxygens (including phenoxy) is 1. The molecule has 1 N–H and O–H groups in total. The van der Waals surface area contributed by atoms with Gasteiger partial charge >= 0.3 is 0 Å². The maximum atomic E-state index is 6.20. The summed E-state index contributed by atoms with van der Waals surface area (Å²) in [4.78, 5) is 1.24. The van der Waals surface area contributed by atoms with Gasteiger partial charge in [0.15, 0.2) is 0 Å². The number of rotatable bonds is 5. The summed E-state index contributed by atoms with van der Waals surface area (Å²) in [5.41, 5.74) is 2.58. The van der Waals surface area contributed by atoms with Crippen molar-refractivity contribution >= 4 is 38.9 Å². The lowest BCUT2D eigenvalue weighted by Gasteiger charge is -2.18. The Labute approximate surface area is 142 Å². The van der Waals surface area contributed by atoms with E-state index in [9.17, 15) is 0 Å². The van der Waals surface area contributed by atoms with E-state index in [1.165, 1.54) is 16.0 Å². The molecule has 1 atom stereocenters. The minimum atomic E-state index is 0.185. The molecule has 0 fully saturated rings. The van der Waals surface area contributed by atoms with Crippen LogP contribution in [0.3, 0.4) is 0 Å². The highest BCUT2D eigenvalue weighted by Crippen LogP contribution is 2.38. The molecule has 5 heteroatoms. The van der Waals surface area contributed by atoms with Crippen LogP contribution in [0.25, 0.3) is 0 Å². The second-order valence-corrected chi connectivity index (χ2v) is 7.93. The highest BCUT2D eigenvalue weighted by Gasteiger charge is 2.20. The van der Waals surface area contributed by atoms with Gasteiger partial charge in [0, 0.05) is 11.3 Å². The van der Waals surface area contributed by atoms with Gasteiger partial charge in [-0.3, -0.25) is 0 Å². The van der Waals surface area contributed by atoms with Gasteiger partial charge in [0.05, 0.1) is 21.5 Å². The number of thiophene rings is 1. The highest BCUT2D eigenvalue weighted by atomic mass is 79.9. The first-order chi connectivity index (χ1) is 10.2. The Bertz CT molecular complexity index is 624. The lowest BCUT2D eigenvalue weighted by molar-refractivity contribution is 0.357. The topological polar surface area (TPSA) is 21.3 Å². The van der Waals surface area contributed by atoms with Crippen molar-refractivity contribution in [2.75, 3.05) is 13.2 Å². The van der Waals surface area contributed by atoms with Crippen LogP contribution in [0.15, 0.2) is 28.1 Å². The molecule has 2 aromatic rings. The second kappa shape index (κ2) is 6.69. The van der Waals surface area contributed by atoms with E-state index in [-0.39, 0.29) is 6.04 Å². The molecule has 1 unspecified atom stereocenters. The van der Waals surface area contributed by atoms with Gasteiger partial charge in [-0.05, 0) is 52.2 Å². The Morgan fingerprint density at radius 2 is 2.29 bits per heavy atom. The third-order valence-electron chi connectivity index (χ3n) is 3.59. The van der Waals surface area contributed by atoms with Gasteiger partial charge in [0.25, 0.3) is 0 Å². The molecule has 1 aliphatic rings. The number of fused-ring (bicyclic) bond motifs is 1. The van der Waals surface area contributed by atoms with Crippen LogP contribution in [0, 0.1) is 0 Å². The molecule has 0 spiro atoms. The summed E-state index contributed by atoms with van der Waals surface area (Å²) in [6.07, 6.45) is 2.10. The SMILES string of the molecule is CCCNC(c1ccc2c(c1)CCO2)c1cc(Cl)c(Br)s1. The maximum Gasteiger partial charge on any atom is 0.122 e. The molecular formula is C16H17BrClNOS. The van der Waals surface area contributed by atoms with Crippen LogP contribution in [-0.2, 0) is 6.42 Å². The fourth-order valence-corrected chi connectivity index (χ4v) is 4.41. The first-order valence-corrected chi connectivity index (χ1v) is 9.11. The maximum absolute atomic E-state index is 6.20. The third-order valence-corrected chi connectivity index (χ3v) is 6.13. The summed E-state index contributed by atoms with van der Waals surface area (Å²) in [5.74, 6) is 1.03. The predicted octanol–water partition coefficient (Wildman–Crippen LogP) is 5.19. The van der Waals surface area contributed by atoms with E-state index in [0.717, 1.165) is 40.6 Å². The Balaban J connectivity index is 1.95. The van der Waals surface area contributed by atoms with Gasteiger partial charge in [-0.2, -0.15) is 0 Å². The van der Waals surface area contributed by atoms with E-state index < -0.39 is 0 Å². The van der Waals surface area contributed by atoms with Crippen molar-refractivity contribution in [1.82, 2.24) is 5.32 Å². The van der Waals surface area contributed by atoms with Gasteiger partial charge in [0.1, 0.15) is 5.75 Å². The molecule has 0 aliphatic carbocycles. The largest absolute Gasteiger partial charge is 0.493 e. The molecule has 0 saturated heterocycles. The zero-order chi connectivity index (χ0) is 14.8. The van der Waals surface area contributed by atoms with Crippen LogP contribution >= 0.6 is 38.9 Å². The van der Waals surface area contributed by atoms with E-state index in [1.807, 2.05) is 6.07 Å². The van der Waals surface area contributed by atoms with E-state index in [2.05, 4.69) is 46.4 Å². The van der Waals surface area contributed by atoms with E-state index in [1.54, 1.807) is 11.3 Å². The number of hydrogen-bond donors (Lipinski definition) is 1. The van der Waals surface area contributed by atoms with Crippen molar-refractivity contribution in [2.45, 2.75) is 25.8 Å². The van der Waals surface area contributed by atoms with Crippen LogP contribution in [0.1, 0.15) is 35.4 Å². The highest BCUT2D eigenvalue weighted by molar-refractivity contribution is 9.11. The molecule has 112 valence electrons. The van der Waals surface area contributed by atoms with Crippen molar-refractivity contribution in [3.05, 3.63) is 49.1 Å². The monoisotopic (exact) mass is 385 g/mol. The molecular weight excluding hydrogens is 370 g/mol. The van der Waals surface area contributed by atoms with Gasteiger partial charge < -0.3 is 10.1 Å². The lowest BCUT2D eigenvalue weighted by Crippen LogP contribution is -2.22. The molecule has 1 aliphatic heterocycles. The number of nitrogens with one attached hydrogen (secondary N) is 1. The standard InChI is InChI=1S/C16H17BrClNOS/c1-2-6-19-15(14-9-12(18)16(17)21-14)11-3-4-13-10(8-11)5-7-20-13/h3-4,8-9,15,19H,2,5-7H2,1H3. The molecule has 21 heavy (non-hydrogen) atoms. The van der Waals surface area contributed by atoms with Crippen LogP contribution in [0.2, 0.25) is 5.02 Å². The summed E-state index contributed by atoms with van der Waals surface area (Å²) in [7, 11) is 0. The Hall–Kier alpha value is -0.550. The van der Waals surface area contributed by atoms with Crippen LogP contribution in [-0.4, -0.2) is 13.2 Å². The smallest absolute Gasteiger partial charge is 0.122 e. The zero-order valence-corrected chi connectivity index (χ0v) is 14.9. The van der Waals surface area contributed by atoms with E-state index in [0.29, 0.717) is 0 Å². The van der Waals surface area contributed by atoms with E-state index in [4.69, 9.17) is 16.3 Å². The molecule has 0 radical (unpaired) electrons. The molecule has 1 aromatic carbocycles. The van der Waals surface area contributed by atoms with Crippen LogP contribution in [0.5, 0.6) is 5.75 Å². The second-order valence-electron chi connectivity index (χ2n) is 5.12. The average molecular weight is 387 g/mol. The molecule has 0 amide bonds. The molecule has 0 saturated carbocycles. The van der Waals surface area contributed by atoms with Crippen LogP contribution in [0.4, 0.5) is 0 Å². The van der Waals surface area contributed by atoms with Crippen molar-refractivity contribution in [3.8, 4) is 5.75 Å². The van der Waals surface area contributed by atoms with Crippen molar-refractivity contribution in [1.29, 1.82) is 0 Å². The van der Waals surface area contributed by atoms with Crippen molar-refractivity contribution in [3.63, 3.8) is 0 Å². The summed E-state index contributed by atoms with van der Waals surface area (Å²) >= 11 is 11.4. The summed E-state index contributed by atoms with van der Waals surface area (Å²) in [5, 5.41) is 4.40. The molecule has 2 heterocycles. The quantitative estimate of drug-likeness (QED) is 0.763. The number of hydrogen-bond acceptors (Lipinski definition) is 3. The van der Waals surface area contributed by atoms with Gasteiger partial charge in [-0.25, -0.2) is 0 Å². The number of halogens is 2. The van der Waals surface area contributed by atoms with E-state index >= 15 is 0 Å². The Morgan fingerprint density at radius 3 is 3.00 bits per heavy atom. The zero-order valence-electron chi connectivity index (χ0n) is 11.8. The Morgan fingerprint density at radius 1 is 1.43 bits per heavy atom. The lowest BCUT2D eigenvalue weighted by atomic mass is 10.0. The third kappa shape index (κ3) is 3.29. The van der Waals surface area contributed by atoms with Gasteiger partial charge in [-0.15, -0.1) is 11.3 Å². The molecule has 0 bridgehead atoms. The normalized spacial score (nSPS) is 14.8. The molecule has 1 aromatic heterocycles. The minimum Gasteiger partial charge on any atom is -0.493 e.